The van der Waals surface area contributed by atoms with E-state index in [9.17, 15) is 19.8 Å². The quantitative estimate of drug-likeness (QED) is 0.450. The van der Waals surface area contributed by atoms with E-state index in [1.807, 2.05) is 0 Å². The van der Waals surface area contributed by atoms with Crippen molar-refractivity contribution in [3.8, 4) is 0 Å². The minimum Gasteiger partial charge on any atom is -0.550 e. The van der Waals surface area contributed by atoms with Crippen LogP contribution in [0.4, 0.5) is 0 Å². The van der Waals surface area contributed by atoms with E-state index in [0.29, 0.717) is 11.8 Å². The Labute approximate surface area is 159 Å². The molecule has 0 unspecified atom stereocenters. The molecule has 0 fully saturated rings. The normalized spacial score (nSPS) is 9.81. The number of hydrogen-bond acceptors (Lipinski definition) is 4. The van der Waals surface area contributed by atoms with Crippen LogP contribution in [0.5, 0.6) is 0 Å². The van der Waals surface area contributed by atoms with Crippen LogP contribution in [0.1, 0.15) is 79.1 Å². The van der Waals surface area contributed by atoms with E-state index < -0.39 is 11.9 Å². The smallest absolute Gasteiger partial charge is 0.550 e. The summed E-state index contributed by atoms with van der Waals surface area (Å²) in [6.07, 6.45) is 6.21. The van der Waals surface area contributed by atoms with Crippen molar-refractivity contribution < 1.29 is 19.8 Å². The van der Waals surface area contributed by atoms with Crippen LogP contribution in [0.15, 0.2) is 0 Å². The van der Waals surface area contributed by atoms with Gasteiger partial charge in [0.1, 0.15) is 0 Å². The van der Waals surface area contributed by atoms with Gasteiger partial charge in [0.25, 0.3) is 0 Å². The first-order valence-electron chi connectivity index (χ1n) is 7.65. The second-order valence-corrected chi connectivity index (χ2v) is 6.02. The SMILES string of the molecule is CC(C)CCCCC(=O)[O-].CC(C)CCCCC(=O)[O-].[Ca+2]. The van der Waals surface area contributed by atoms with E-state index in [-0.39, 0.29) is 50.6 Å². The molecule has 0 spiro atoms. The number of carbonyl (C=O) groups excluding carboxylic acids is 2. The summed E-state index contributed by atoms with van der Waals surface area (Å²) in [6, 6.07) is 0. The standard InChI is InChI=1S/2C8H16O2.Ca/c2*1-7(2)5-3-4-6-8(9)10;/h2*7H,3-6H2,1-2H3,(H,9,10);/q;;+2/p-2. The average molecular weight is 326 g/mol. The van der Waals surface area contributed by atoms with Gasteiger partial charge in [-0.2, -0.15) is 0 Å². The van der Waals surface area contributed by atoms with Gasteiger partial charge >= 0.3 is 37.7 Å². The summed E-state index contributed by atoms with van der Waals surface area (Å²) in [4.78, 5) is 19.9. The molecule has 0 aliphatic carbocycles. The molecular formula is C16H30CaO4. The zero-order chi connectivity index (χ0) is 16.0. The van der Waals surface area contributed by atoms with Crippen LogP contribution < -0.4 is 10.2 Å². The average Bonchev–Trinajstić information content (AvgIpc) is 2.30. The van der Waals surface area contributed by atoms with Crippen molar-refractivity contribution in [3.63, 3.8) is 0 Å². The minimum atomic E-state index is -0.927. The van der Waals surface area contributed by atoms with E-state index in [0.717, 1.165) is 38.5 Å². The van der Waals surface area contributed by atoms with Gasteiger partial charge in [-0.3, -0.25) is 0 Å². The Morgan fingerprint density at radius 1 is 0.714 bits per heavy atom. The Bertz CT molecular complexity index is 227. The van der Waals surface area contributed by atoms with Crippen LogP contribution in [-0.2, 0) is 9.59 Å². The zero-order valence-corrected chi connectivity index (χ0v) is 16.4. The van der Waals surface area contributed by atoms with Crippen molar-refractivity contribution in [2.24, 2.45) is 11.8 Å². The Morgan fingerprint density at radius 2 is 1.00 bits per heavy atom. The number of hydrogen-bond donors (Lipinski definition) is 0. The molecule has 0 aliphatic rings. The van der Waals surface area contributed by atoms with Gasteiger partial charge in [-0.1, -0.05) is 53.4 Å². The van der Waals surface area contributed by atoms with E-state index in [2.05, 4.69) is 27.7 Å². The topological polar surface area (TPSA) is 80.3 Å². The summed E-state index contributed by atoms with van der Waals surface area (Å²) in [6.45, 7) is 8.55. The van der Waals surface area contributed by atoms with Gasteiger partial charge in [-0.15, -0.1) is 0 Å². The molecule has 0 amide bonds. The molecule has 0 rings (SSSR count). The third-order valence-corrected chi connectivity index (χ3v) is 2.82. The van der Waals surface area contributed by atoms with Crippen molar-refractivity contribution in [2.45, 2.75) is 79.1 Å². The zero-order valence-electron chi connectivity index (χ0n) is 14.2. The molecule has 0 saturated heterocycles. The maximum atomic E-state index is 9.93. The Hall–Kier alpha value is 0.200. The molecule has 0 saturated carbocycles. The van der Waals surface area contributed by atoms with Gasteiger partial charge in [-0.05, 0) is 37.5 Å². The van der Waals surface area contributed by atoms with Gasteiger partial charge in [0.15, 0.2) is 0 Å². The van der Waals surface area contributed by atoms with Gasteiger partial charge in [0.05, 0.1) is 0 Å². The third kappa shape index (κ3) is 33.2. The van der Waals surface area contributed by atoms with Crippen LogP contribution >= 0.6 is 0 Å². The number of unbranched alkanes of at least 4 members (excludes halogenated alkanes) is 2. The summed E-state index contributed by atoms with van der Waals surface area (Å²) < 4.78 is 0. The fourth-order valence-electron chi connectivity index (χ4n) is 1.64. The number of carbonyl (C=O) groups is 2. The fraction of sp³-hybridized carbons (Fsp3) is 0.875. The molecule has 21 heavy (non-hydrogen) atoms. The first-order valence-corrected chi connectivity index (χ1v) is 7.65. The molecule has 0 aromatic heterocycles. The maximum Gasteiger partial charge on any atom is 2.00 e. The largest absolute Gasteiger partial charge is 2.00 e. The summed E-state index contributed by atoms with van der Waals surface area (Å²) in [5, 5.41) is 19.9. The number of rotatable bonds is 10. The number of carboxylic acid groups (broad SMARTS) is 2. The number of carboxylic acids is 2. The Morgan fingerprint density at radius 3 is 1.19 bits per heavy atom. The number of aliphatic carboxylic acids is 2. The second-order valence-electron chi connectivity index (χ2n) is 6.02. The van der Waals surface area contributed by atoms with E-state index in [1.54, 1.807) is 0 Å². The summed E-state index contributed by atoms with van der Waals surface area (Å²) >= 11 is 0. The van der Waals surface area contributed by atoms with Gasteiger partial charge < -0.3 is 19.8 Å². The first-order chi connectivity index (χ1) is 9.25. The minimum absolute atomic E-state index is 0. The van der Waals surface area contributed by atoms with E-state index >= 15 is 0 Å². The van der Waals surface area contributed by atoms with Crippen LogP contribution in [-0.4, -0.2) is 49.7 Å². The molecule has 0 aromatic carbocycles. The second kappa shape index (κ2) is 18.2. The Balaban J connectivity index is -0.000000295. The van der Waals surface area contributed by atoms with Crippen molar-refractivity contribution in [1.29, 1.82) is 0 Å². The molecule has 0 radical (unpaired) electrons. The molecule has 0 aromatic rings. The third-order valence-electron chi connectivity index (χ3n) is 2.82. The predicted octanol–water partition coefficient (Wildman–Crippen LogP) is 1.52. The van der Waals surface area contributed by atoms with Crippen molar-refractivity contribution >= 4 is 49.7 Å². The molecule has 4 nitrogen and oxygen atoms in total. The van der Waals surface area contributed by atoms with Gasteiger partial charge in [-0.25, -0.2) is 0 Å². The first kappa shape index (κ1) is 26.1. The van der Waals surface area contributed by atoms with Crippen molar-refractivity contribution in [3.05, 3.63) is 0 Å². The molecule has 0 atom stereocenters. The Kier molecular flexibility index (Phi) is 22.7. The molecule has 0 N–H and O–H groups in total. The molecule has 120 valence electrons. The molecule has 5 heteroatoms. The van der Waals surface area contributed by atoms with Crippen molar-refractivity contribution in [2.75, 3.05) is 0 Å². The molecule has 0 heterocycles. The predicted molar refractivity (Wildman–Crippen MR) is 82.4 cm³/mol. The van der Waals surface area contributed by atoms with Crippen LogP contribution in [0.25, 0.3) is 0 Å². The molecular weight excluding hydrogens is 296 g/mol. The molecule has 0 aliphatic heterocycles. The maximum absolute atomic E-state index is 9.93. The summed E-state index contributed by atoms with van der Waals surface area (Å²) in [5.41, 5.74) is 0. The van der Waals surface area contributed by atoms with Gasteiger partial charge in [0.2, 0.25) is 0 Å². The van der Waals surface area contributed by atoms with E-state index in [1.165, 1.54) is 0 Å². The molecule has 0 bridgehead atoms. The monoisotopic (exact) mass is 326 g/mol. The van der Waals surface area contributed by atoms with Crippen LogP contribution in [0.2, 0.25) is 0 Å². The van der Waals surface area contributed by atoms with Crippen LogP contribution in [0, 0.1) is 11.8 Å². The van der Waals surface area contributed by atoms with E-state index in [4.69, 9.17) is 0 Å². The van der Waals surface area contributed by atoms with Crippen molar-refractivity contribution in [1.82, 2.24) is 0 Å². The van der Waals surface area contributed by atoms with Gasteiger partial charge in [0, 0.05) is 11.9 Å². The summed E-state index contributed by atoms with van der Waals surface area (Å²) in [7, 11) is 0. The summed E-state index contributed by atoms with van der Waals surface area (Å²) in [5.74, 6) is -0.490. The van der Waals surface area contributed by atoms with Crippen LogP contribution in [0.3, 0.4) is 0 Å². The fourth-order valence-corrected chi connectivity index (χ4v) is 1.64.